The lowest BCUT2D eigenvalue weighted by molar-refractivity contribution is 0.380. The van der Waals surface area contributed by atoms with E-state index >= 15 is 0 Å². The molecule has 0 spiro atoms. The molecule has 0 unspecified atom stereocenters. The summed E-state index contributed by atoms with van der Waals surface area (Å²) in [5.74, 6) is 0.329. The molecule has 0 bridgehead atoms. The van der Waals surface area contributed by atoms with Crippen LogP contribution in [0.4, 0.5) is 9.52 Å². The second-order valence-corrected chi connectivity index (χ2v) is 7.25. The summed E-state index contributed by atoms with van der Waals surface area (Å²) in [6.07, 6.45) is 2.56. The van der Waals surface area contributed by atoms with Crippen LogP contribution in [0, 0.1) is 5.82 Å². The molecule has 2 heterocycles. The Morgan fingerprint density at radius 1 is 1.33 bits per heavy atom. The van der Waals surface area contributed by atoms with Crippen LogP contribution in [-0.4, -0.2) is 48.6 Å². The van der Waals surface area contributed by atoms with Crippen molar-refractivity contribution in [3.63, 3.8) is 0 Å². The molecule has 2 N–H and O–H groups in total. The zero-order valence-electron chi connectivity index (χ0n) is 13.2. The molecule has 3 rings (SSSR count). The van der Waals surface area contributed by atoms with E-state index in [1.165, 1.54) is 6.07 Å². The Bertz CT molecular complexity index is 698. The molecule has 1 aliphatic rings. The highest BCUT2D eigenvalue weighted by molar-refractivity contribution is 9.10. The molecular weight excluding hydrogens is 393 g/mol. The predicted molar refractivity (Wildman–Crippen MR) is 100 cm³/mol. The van der Waals surface area contributed by atoms with Crippen molar-refractivity contribution in [1.29, 1.82) is 0 Å². The van der Waals surface area contributed by atoms with Gasteiger partial charge in [0, 0.05) is 44.3 Å². The molecule has 24 heavy (non-hydrogen) atoms. The predicted octanol–water partition coefficient (Wildman–Crippen LogP) is 2.72. The van der Waals surface area contributed by atoms with E-state index < -0.39 is 0 Å². The second kappa shape index (κ2) is 7.94. The van der Waals surface area contributed by atoms with E-state index in [0.717, 1.165) is 43.3 Å². The van der Waals surface area contributed by atoms with Gasteiger partial charge in [-0.05, 0) is 40.0 Å². The van der Waals surface area contributed by atoms with Gasteiger partial charge in [-0.3, -0.25) is 4.99 Å². The van der Waals surface area contributed by atoms with Gasteiger partial charge in [0.05, 0.1) is 4.47 Å². The van der Waals surface area contributed by atoms with E-state index in [9.17, 15) is 4.39 Å². The Kier molecular flexibility index (Phi) is 5.68. The molecule has 1 aromatic carbocycles. The minimum Gasteiger partial charge on any atom is -0.370 e. The van der Waals surface area contributed by atoms with Gasteiger partial charge in [0.1, 0.15) is 5.82 Å². The van der Waals surface area contributed by atoms with E-state index in [1.807, 2.05) is 11.6 Å². The van der Waals surface area contributed by atoms with Crippen LogP contribution in [0.25, 0.3) is 0 Å². The Morgan fingerprint density at radius 3 is 2.79 bits per heavy atom. The standard InChI is InChI=1S/C16H19BrFN5S/c17-13-11-12(1-2-14(13)18)3-4-20-15(19)22-6-8-23(9-7-22)16-21-5-10-24-16/h1-2,5,10-11H,3-4,6-9H2,(H2,19,20). The molecule has 0 atom stereocenters. The van der Waals surface area contributed by atoms with Gasteiger partial charge < -0.3 is 15.5 Å². The lowest BCUT2D eigenvalue weighted by atomic mass is 10.1. The third-order valence-corrected chi connectivity index (χ3v) is 5.39. The topological polar surface area (TPSA) is 57.8 Å². The Morgan fingerprint density at radius 2 is 2.12 bits per heavy atom. The number of nitrogens with zero attached hydrogens (tertiary/aromatic N) is 4. The number of anilines is 1. The van der Waals surface area contributed by atoms with Crippen LogP contribution in [0.2, 0.25) is 0 Å². The monoisotopic (exact) mass is 411 g/mol. The summed E-state index contributed by atoms with van der Waals surface area (Å²) in [5, 5.41) is 3.05. The van der Waals surface area contributed by atoms with E-state index in [4.69, 9.17) is 5.73 Å². The minimum absolute atomic E-state index is 0.250. The van der Waals surface area contributed by atoms with E-state index in [-0.39, 0.29) is 5.82 Å². The summed E-state index contributed by atoms with van der Waals surface area (Å²) in [5.41, 5.74) is 7.14. The largest absolute Gasteiger partial charge is 0.370 e. The number of hydrogen-bond acceptors (Lipinski definition) is 4. The molecule has 1 aromatic heterocycles. The van der Waals surface area contributed by atoms with Crippen molar-refractivity contribution in [3.05, 3.63) is 45.6 Å². The summed E-state index contributed by atoms with van der Waals surface area (Å²) >= 11 is 4.86. The number of guanidine groups is 1. The molecule has 2 aromatic rings. The van der Waals surface area contributed by atoms with Crippen LogP contribution in [0.5, 0.6) is 0 Å². The Labute approximate surface area is 153 Å². The fourth-order valence-electron chi connectivity index (χ4n) is 2.59. The van der Waals surface area contributed by atoms with Gasteiger partial charge >= 0.3 is 0 Å². The van der Waals surface area contributed by atoms with Crippen LogP contribution in [-0.2, 0) is 6.42 Å². The Balaban J connectivity index is 1.48. The summed E-state index contributed by atoms with van der Waals surface area (Å²) in [6.45, 7) is 4.08. The van der Waals surface area contributed by atoms with Crippen molar-refractivity contribution in [3.8, 4) is 0 Å². The first-order valence-corrected chi connectivity index (χ1v) is 9.44. The van der Waals surface area contributed by atoms with Gasteiger partial charge in [-0.1, -0.05) is 6.07 Å². The van der Waals surface area contributed by atoms with Crippen LogP contribution < -0.4 is 10.6 Å². The molecule has 1 fully saturated rings. The first-order valence-electron chi connectivity index (χ1n) is 7.77. The quantitative estimate of drug-likeness (QED) is 0.620. The minimum atomic E-state index is -0.250. The van der Waals surface area contributed by atoms with Crippen molar-refractivity contribution < 1.29 is 4.39 Å². The number of hydrogen-bond donors (Lipinski definition) is 1. The maximum atomic E-state index is 13.2. The van der Waals surface area contributed by atoms with Crippen molar-refractivity contribution in [2.45, 2.75) is 6.42 Å². The summed E-state index contributed by atoms with van der Waals surface area (Å²) in [4.78, 5) is 13.2. The van der Waals surface area contributed by atoms with Crippen LogP contribution >= 0.6 is 27.3 Å². The lowest BCUT2D eigenvalue weighted by Gasteiger charge is -2.35. The number of nitrogens with two attached hydrogens (primary N) is 1. The number of benzene rings is 1. The van der Waals surface area contributed by atoms with Gasteiger partial charge in [0.15, 0.2) is 11.1 Å². The van der Waals surface area contributed by atoms with Crippen LogP contribution in [0.3, 0.4) is 0 Å². The average Bonchev–Trinajstić information content (AvgIpc) is 3.13. The number of halogens is 2. The van der Waals surface area contributed by atoms with E-state index in [2.05, 4.69) is 35.7 Å². The maximum Gasteiger partial charge on any atom is 0.191 e. The number of aromatic nitrogens is 1. The third-order valence-electron chi connectivity index (χ3n) is 3.95. The number of thiazole rings is 1. The number of piperazine rings is 1. The second-order valence-electron chi connectivity index (χ2n) is 5.53. The highest BCUT2D eigenvalue weighted by Gasteiger charge is 2.19. The average molecular weight is 412 g/mol. The van der Waals surface area contributed by atoms with Gasteiger partial charge in [-0.2, -0.15) is 0 Å². The summed E-state index contributed by atoms with van der Waals surface area (Å²) < 4.78 is 13.7. The summed E-state index contributed by atoms with van der Waals surface area (Å²) in [7, 11) is 0. The Hall–Kier alpha value is -1.67. The zero-order valence-corrected chi connectivity index (χ0v) is 15.6. The first kappa shape index (κ1) is 17.2. The lowest BCUT2D eigenvalue weighted by Crippen LogP contribution is -2.51. The normalized spacial score (nSPS) is 15.8. The van der Waals surface area contributed by atoms with Gasteiger partial charge in [0.2, 0.25) is 0 Å². The molecule has 0 amide bonds. The molecule has 8 heteroatoms. The zero-order chi connectivity index (χ0) is 16.9. The molecular formula is C16H19BrFN5S. The molecule has 128 valence electrons. The van der Waals surface area contributed by atoms with E-state index in [0.29, 0.717) is 17.0 Å². The highest BCUT2D eigenvalue weighted by Crippen LogP contribution is 2.19. The molecule has 0 aliphatic carbocycles. The van der Waals surface area contributed by atoms with Gasteiger partial charge in [-0.15, -0.1) is 11.3 Å². The van der Waals surface area contributed by atoms with Crippen LogP contribution in [0.1, 0.15) is 5.56 Å². The van der Waals surface area contributed by atoms with Gasteiger partial charge in [-0.25, -0.2) is 9.37 Å². The van der Waals surface area contributed by atoms with Crippen molar-refractivity contribution in [2.75, 3.05) is 37.6 Å². The smallest absolute Gasteiger partial charge is 0.191 e. The van der Waals surface area contributed by atoms with Crippen molar-refractivity contribution in [1.82, 2.24) is 9.88 Å². The van der Waals surface area contributed by atoms with Crippen molar-refractivity contribution in [2.24, 2.45) is 10.7 Å². The van der Waals surface area contributed by atoms with Gasteiger partial charge in [0.25, 0.3) is 0 Å². The highest BCUT2D eigenvalue weighted by atomic mass is 79.9. The van der Waals surface area contributed by atoms with E-state index in [1.54, 1.807) is 23.5 Å². The SMILES string of the molecule is NC(=NCCc1ccc(F)c(Br)c1)N1CCN(c2nccs2)CC1. The molecule has 0 saturated carbocycles. The fraction of sp³-hybridized carbons (Fsp3) is 0.375. The fourth-order valence-corrected chi connectivity index (χ4v) is 3.72. The molecule has 1 aliphatic heterocycles. The molecule has 0 radical (unpaired) electrons. The molecule has 5 nitrogen and oxygen atoms in total. The molecule has 1 saturated heterocycles. The van der Waals surface area contributed by atoms with Crippen molar-refractivity contribution >= 4 is 38.4 Å². The summed E-state index contributed by atoms with van der Waals surface area (Å²) in [6, 6.07) is 5.02. The number of rotatable bonds is 4. The first-order chi connectivity index (χ1) is 11.6. The number of aliphatic imine (C=N–C) groups is 1. The maximum absolute atomic E-state index is 13.2. The van der Waals surface area contributed by atoms with Crippen LogP contribution in [0.15, 0.2) is 39.2 Å². The third kappa shape index (κ3) is 4.24.